The van der Waals surface area contributed by atoms with Crippen molar-refractivity contribution in [3.05, 3.63) is 126 Å². The topological polar surface area (TPSA) is 12.0 Å². The Balaban J connectivity index is 0.00000210. The van der Waals surface area contributed by atoms with Crippen LogP contribution in [0.4, 0.5) is 0 Å². The fraction of sp³-hybridized carbons (Fsp3) is 0.235. The van der Waals surface area contributed by atoms with Gasteiger partial charge in [-0.25, -0.2) is 0 Å². The van der Waals surface area contributed by atoms with E-state index in [-0.39, 0.29) is 0 Å². The predicted octanol–water partition coefficient (Wildman–Crippen LogP) is 9.79. The minimum atomic E-state index is 0.851. The Bertz CT molecular complexity index is 1180. The molecule has 2 aromatic rings. The van der Waals surface area contributed by atoms with E-state index in [1.807, 2.05) is 20.8 Å². The highest BCUT2D eigenvalue weighted by atomic mass is 14.9. The molecule has 0 radical (unpaired) electrons. The van der Waals surface area contributed by atoms with Crippen LogP contribution in [0.15, 0.2) is 109 Å². The van der Waals surface area contributed by atoms with E-state index in [1.54, 1.807) is 0 Å². The average Bonchev–Trinajstić information content (AvgIpc) is 2.90. The van der Waals surface area contributed by atoms with E-state index in [4.69, 9.17) is 0 Å². The Morgan fingerprint density at radius 1 is 1.03 bits per heavy atom. The number of nitrogens with one attached hydrogen (secondary N) is 1. The summed E-state index contributed by atoms with van der Waals surface area (Å²) in [5.41, 5.74) is 10.8. The lowest BCUT2D eigenvalue weighted by molar-refractivity contribution is 0.995. The minimum absolute atomic E-state index is 0.851. The van der Waals surface area contributed by atoms with Crippen molar-refractivity contribution in [3.8, 4) is 11.1 Å². The monoisotopic (exact) mass is 463 g/mol. The molecule has 0 atom stereocenters. The fourth-order valence-electron chi connectivity index (χ4n) is 4.06. The minimum Gasteiger partial charge on any atom is -0.381 e. The molecule has 0 amide bonds. The zero-order valence-corrected chi connectivity index (χ0v) is 22.4. The van der Waals surface area contributed by atoms with Gasteiger partial charge in [-0.15, -0.1) is 0 Å². The van der Waals surface area contributed by atoms with Crippen LogP contribution in [0.3, 0.4) is 0 Å². The summed E-state index contributed by atoms with van der Waals surface area (Å²) < 4.78 is 0. The van der Waals surface area contributed by atoms with Crippen molar-refractivity contribution in [1.82, 2.24) is 5.32 Å². The van der Waals surface area contributed by atoms with Crippen molar-refractivity contribution in [2.75, 3.05) is 6.54 Å². The van der Waals surface area contributed by atoms with Gasteiger partial charge in [-0.3, -0.25) is 0 Å². The van der Waals surface area contributed by atoms with Gasteiger partial charge in [0.2, 0.25) is 0 Å². The molecule has 35 heavy (non-hydrogen) atoms. The van der Waals surface area contributed by atoms with Crippen molar-refractivity contribution in [2.24, 2.45) is 0 Å². The van der Waals surface area contributed by atoms with E-state index < -0.39 is 0 Å². The van der Waals surface area contributed by atoms with Gasteiger partial charge in [0.1, 0.15) is 0 Å². The second kappa shape index (κ2) is 14.6. The first kappa shape index (κ1) is 27.7. The molecule has 0 bridgehead atoms. The average molecular weight is 464 g/mol. The van der Waals surface area contributed by atoms with Gasteiger partial charge < -0.3 is 5.32 Å². The number of benzene rings is 2. The van der Waals surface area contributed by atoms with Crippen molar-refractivity contribution in [1.29, 1.82) is 0 Å². The Kier molecular flexibility index (Phi) is 11.6. The van der Waals surface area contributed by atoms with E-state index in [0.29, 0.717) is 0 Å². The lowest BCUT2D eigenvalue weighted by Gasteiger charge is -2.18. The molecule has 3 rings (SSSR count). The molecular formula is C34H41N. The number of rotatable bonds is 8. The molecule has 0 unspecified atom stereocenters. The van der Waals surface area contributed by atoms with E-state index in [2.05, 4.69) is 130 Å². The molecule has 0 saturated carbocycles. The summed E-state index contributed by atoms with van der Waals surface area (Å²) in [7, 11) is 0. The zero-order valence-electron chi connectivity index (χ0n) is 22.4. The van der Waals surface area contributed by atoms with Crippen LogP contribution in [-0.2, 0) is 0 Å². The Morgan fingerprint density at radius 3 is 2.40 bits per heavy atom. The molecule has 1 aliphatic rings. The normalized spacial score (nSPS) is 13.9. The Morgan fingerprint density at radius 2 is 1.77 bits per heavy atom. The van der Waals surface area contributed by atoms with Crippen LogP contribution in [0.5, 0.6) is 0 Å². The molecule has 0 aromatic heterocycles. The van der Waals surface area contributed by atoms with Gasteiger partial charge in [0.05, 0.1) is 0 Å². The van der Waals surface area contributed by atoms with Gasteiger partial charge in [-0.2, -0.15) is 0 Å². The maximum atomic E-state index is 4.11. The maximum absolute atomic E-state index is 4.11. The molecule has 0 fully saturated rings. The highest BCUT2D eigenvalue weighted by Crippen LogP contribution is 2.35. The molecule has 0 spiro atoms. The molecule has 2 aromatic carbocycles. The zero-order chi connectivity index (χ0) is 25.6. The summed E-state index contributed by atoms with van der Waals surface area (Å²) in [6.07, 6.45) is 20.2. The fourth-order valence-corrected chi connectivity index (χ4v) is 4.06. The predicted molar refractivity (Wildman–Crippen MR) is 159 cm³/mol. The van der Waals surface area contributed by atoms with Crippen molar-refractivity contribution < 1.29 is 0 Å². The molecule has 0 aliphatic carbocycles. The lowest BCUT2D eigenvalue weighted by Crippen LogP contribution is -2.14. The molecule has 1 N–H and O–H groups in total. The van der Waals surface area contributed by atoms with Gasteiger partial charge >= 0.3 is 0 Å². The Labute approximate surface area is 213 Å². The van der Waals surface area contributed by atoms with E-state index in [9.17, 15) is 0 Å². The van der Waals surface area contributed by atoms with Crippen LogP contribution in [0.1, 0.15) is 64.7 Å². The molecular weight excluding hydrogens is 422 g/mol. The van der Waals surface area contributed by atoms with E-state index in [1.165, 1.54) is 39.0 Å². The summed E-state index contributed by atoms with van der Waals surface area (Å²) in [5.74, 6) is 0. The van der Waals surface area contributed by atoms with Gasteiger partial charge in [0.25, 0.3) is 0 Å². The van der Waals surface area contributed by atoms with Gasteiger partial charge in [0.15, 0.2) is 0 Å². The second-order valence-electron chi connectivity index (χ2n) is 8.25. The Hall–Kier alpha value is -3.58. The molecule has 182 valence electrons. The summed E-state index contributed by atoms with van der Waals surface area (Å²) in [6.45, 7) is 17.3. The summed E-state index contributed by atoms with van der Waals surface area (Å²) in [6, 6.07) is 15.6. The van der Waals surface area contributed by atoms with Crippen LogP contribution < -0.4 is 5.32 Å². The molecule has 1 heteroatoms. The van der Waals surface area contributed by atoms with Crippen LogP contribution in [0, 0.1) is 0 Å². The van der Waals surface area contributed by atoms with Crippen LogP contribution >= 0.6 is 0 Å². The van der Waals surface area contributed by atoms with Crippen LogP contribution in [0.2, 0.25) is 0 Å². The first-order chi connectivity index (χ1) is 17.1. The third-order valence-corrected chi connectivity index (χ3v) is 5.59. The van der Waals surface area contributed by atoms with Crippen LogP contribution in [0.25, 0.3) is 28.0 Å². The largest absolute Gasteiger partial charge is 0.381 e. The first-order valence-corrected chi connectivity index (χ1v) is 12.8. The van der Waals surface area contributed by atoms with Gasteiger partial charge in [-0.1, -0.05) is 106 Å². The lowest BCUT2D eigenvalue weighted by atomic mass is 9.89. The van der Waals surface area contributed by atoms with E-state index in [0.717, 1.165) is 24.2 Å². The second-order valence-corrected chi connectivity index (χ2v) is 8.25. The third-order valence-electron chi connectivity index (χ3n) is 5.59. The quantitative estimate of drug-likeness (QED) is 0.384. The highest BCUT2D eigenvalue weighted by molar-refractivity contribution is 5.89. The van der Waals surface area contributed by atoms with Crippen molar-refractivity contribution >= 4 is 16.8 Å². The summed E-state index contributed by atoms with van der Waals surface area (Å²) >= 11 is 0. The number of allylic oxidation sites excluding steroid dienone is 11. The standard InChI is InChI=1S/C32H35N.C2H6/c1-6-9-15-25(8-3)27-21-28(23-29(22-27)32-18-12-13-19-33-32)31-17-11-10-16-30(31)26(14-7-2)20-24(4)5;1-2/h6-7,9-18,20-23,33H,4,8,19H2,1-3,5H3;1-2H3/b9-6-,14-7-,25-15+,26-20+;. The van der Waals surface area contributed by atoms with Crippen molar-refractivity contribution in [3.63, 3.8) is 0 Å². The summed E-state index contributed by atoms with van der Waals surface area (Å²) in [5, 5.41) is 3.53. The molecule has 1 aliphatic heterocycles. The SMILES string of the molecule is C=C(C)/C=C(\C=C/C)c1ccccc1-c1cc(C2=CC=CCN2)cc(/C(=C/C=C\C)CC)c1.CC. The number of dihydropyridines is 1. The molecule has 1 heterocycles. The molecule has 1 nitrogen and oxygen atoms in total. The summed E-state index contributed by atoms with van der Waals surface area (Å²) in [4.78, 5) is 0. The number of hydrogen-bond donors (Lipinski definition) is 1. The van der Waals surface area contributed by atoms with Crippen molar-refractivity contribution in [2.45, 2.75) is 48.0 Å². The van der Waals surface area contributed by atoms with Crippen LogP contribution in [-0.4, -0.2) is 6.54 Å². The first-order valence-electron chi connectivity index (χ1n) is 12.8. The third kappa shape index (κ3) is 7.72. The smallest absolute Gasteiger partial charge is 0.0416 e. The van der Waals surface area contributed by atoms with Gasteiger partial charge in [-0.05, 0) is 90.4 Å². The molecule has 0 saturated heterocycles. The highest BCUT2D eigenvalue weighted by Gasteiger charge is 2.13. The van der Waals surface area contributed by atoms with E-state index >= 15 is 0 Å². The maximum Gasteiger partial charge on any atom is 0.0416 e. The van der Waals surface area contributed by atoms with Gasteiger partial charge in [0, 0.05) is 12.2 Å². The number of hydrogen-bond acceptors (Lipinski definition) is 1.